The zero-order valence-electron chi connectivity index (χ0n) is 4.95. The Morgan fingerprint density at radius 3 is 2.00 bits per heavy atom. The van der Waals surface area contributed by atoms with Crippen molar-refractivity contribution >= 4 is 34.8 Å². The first kappa shape index (κ1) is 9.83. The van der Waals surface area contributed by atoms with Crippen molar-refractivity contribution < 1.29 is 4.74 Å². The zero-order chi connectivity index (χ0) is 7.11. The van der Waals surface area contributed by atoms with E-state index in [1.54, 1.807) is 0 Å². The van der Waals surface area contributed by atoms with E-state index in [1.165, 1.54) is 0 Å². The molecule has 0 bridgehead atoms. The summed E-state index contributed by atoms with van der Waals surface area (Å²) in [5.41, 5.74) is 0. The van der Waals surface area contributed by atoms with Crippen molar-refractivity contribution in [3.8, 4) is 0 Å². The van der Waals surface area contributed by atoms with Gasteiger partial charge in [-0.25, -0.2) is 0 Å². The monoisotopic (exact) mass is 190 g/mol. The lowest BCUT2D eigenvalue weighted by Crippen LogP contribution is -2.17. The Kier molecular flexibility index (Phi) is 7.58. The first-order chi connectivity index (χ1) is 4.35. The molecular weight excluding hydrogens is 182 g/mol. The van der Waals surface area contributed by atoms with E-state index in [0.29, 0.717) is 24.2 Å². The minimum atomic E-state index is -0.0490. The van der Waals surface area contributed by atoms with E-state index in [2.05, 4.69) is 0 Å². The third kappa shape index (κ3) is 5.28. The van der Waals surface area contributed by atoms with E-state index >= 15 is 0 Å². The van der Waals surface area contributed by atoms with E-state index in [0.717, 1.165) is 0 Å². The molecule has 0 aliphatic rings. The van der Waals surface area contributed by atoms with Crippen molar-refractivity contribution in [1.82, 2.24) is 0 Å². The van der Waals surface area contributed by atoms with E-state index in [1.807, 2.05) is 0 Å². The molecule has 0 aliphatic heterocycles. The van der Waals surface area contributed by atoms with Gasteiger partial charge in [-0.2, -0.15) is 0 Å². The highest BCUT2D eigenvalue weighted by molar-refractivity contribution is 6.21. The van der Waals surface area contributed by atoms with Crippen molar-refractivity contribution in [1.29, 1.82) is 0 Å². The average Bonchev–Trinajstić information content (AvgIpc) is 1.91. The number of rotatable bonds is 5. The summed E-state index contributed by atoms with van der Waals surface area (Å²) < 4.78 is 5.09. The van der Waals surface area contributed by atoms with E-state index in [-0.39, 0.29) is 6.10 Å². The maximum absolute atomic E-state index is 5.45. The largest absolute Gasteiger partial charge is 0.375 e. The predicted molar refractivity (Wildman–Crippen MR) is 41.9 cm³/mol. The van der Waals surface area contributed by atoms with E-state index in [9.17, 15) is 0 Å². The van der Waals surface area contributed by atoms with Gasteiger partial charge < -0.3 is 4.74 Å². The second-order valence-electron chi connectivity index (χ2n) is 1.49. The van der Waals surface area contributed by atoms with Crippen LogP contribution < -0.4 is 0 Å². The van der Waals surface area contributed by atoms with Crippen molar-refractivity contribution in [2.24, 2.45) is 0 Å². The molecule has 0 aliphatic carbocycles. The Labute approximate surface area is 70.2 Å². The van der Waals surface area contributed by atoms with Crippen molar-refractivity contribution in [3.05, 3.63) is 0 Å². The van der Waals surface area contributed by atoms with Crippen LogP contribution in [0.1, 0.15) is 0 Å². The first-order valence-corrected chi connectivity index (χ1v) is 4.25. The lowest BCUT2D eigenvalue weighted by molar-refractivity contribution is 0.0961. The molecule has 0 N–H and O–H groups in total. The number of ether oxygens (including phenoxy) is 1. The molecule has 9 heavy (non-hydrogen) atoms. The smallest absolute Gasteiger partial charge is 0.0845 e. The molecule has 0 spiro atoms. The fourth-order valence-corrected chi connectivity index (χ4v) is 0.939. The van der Waals surface area contributed by atoms with Crippen LogP contribution >= 0.6 is 34.8 Å². The van der Waals surface area contributed by atoms with Gasteiger partial charge in [0.05, 0.1) is 12.7 Å². The van der Waals surface area contributed by atoms with Crippen LogP contribution in [0.3, 0.4) is 0 Å². The molecule has 1 nitrogen and oxygen atoms in total. The maximum Gasteiger partial charge on any atom is 0.0845 e. The van der Waals surface area contributed by atoms with Gasteiger partial charge in [0.15, 0.2) is 0 Å². The second kappa shape index (κ2) is 6.94. The highest BCUT2D eigenvalue weighted by Gasteiger charge is 2.03. The molecule has 56 valence electrons. The standard InChI is InChI=1S/C5H9Cl3O/c6-1-2-9-5(3-7)4-8/h5H,1-4H2. The molecule has 4 heteroatoms. The molecule has 0 atom stereocenters. The van der Waals surface area contributed by atoms with Crippen LogP contribution in [0, 0.1) is 0 Å². The summed E-state index contributed by atoms with van der Waals surface area (Å²) in [4.78, 5) is 0. The summed E-state index contributed by atoms with van der Waals surface area (Å²) in [5, 5.41) is 0. The van der Waals surface area contributed by atoms with E-state index < -0.39 is 0 Å². The Hall–Kier alpha value is 0.830. The van der Waals surface area contributed by atoms with Crippen LogP contribution in [-0.4, -0.2) is 30.4 Å². The van der Waals surface area contributed by atoms with Crippen molar-refractivity contribution in [2.45, 2.75) is 6.10 Å². The minimum absolute atomic E-state index is 0.0490. The van der Waals surface area contributed by atoms with Gasteiger partial charge in [-0.15, -0.1) is 34.8 Å². The quantitative estimate of drug-likeness (QED) is 0.605. The van der Waals surface area contributed by atoms with E-state index in [4.69, 9.17) is 39.5 Å². The second-order valence-corrected chi connectivity index (χ2v) is 2.49. The molecule has 0 aromatic heterocycles. The van der Waals surface area contributed by atoms with Crippen LogP contribution in [-0.2, 0) is 4.74 Å². The summed E-state index contributed by atoms with van der Waals surface area (Å²) in [6.07, 6.45) is -0.0490. The topological polar surface area (TPSA) is 9.23 Å². The highest BCUT2D eigenvalue weighted by atomic mass is 35.5. The Morgan fingerprint density at radius 2 is 1.67 bits per heavy atom. The van der Waals surface area contributed by atoms with Crippen molar-refractivity contribution in [2.75, 3.05) is 24.2 Å². The van der Waals surface area contributed by atoms with Crippen LogP contribution in [0.5, 0.6) is 0 Å². The molecule has 0 unspecified atom stereocenters. The van der Waals surface area contributed by atoms with Gasteiger partial charge in [0.25, 0.3) is 0 Å². The fourth-order valence-electron chi connectivity index (χ4n) is 0.342. The van der Waals surface area contributed by atoms with Gasteiger partial charge in [-0.05, 0) is 0 Å². The van der Waals surface area contributed by atoms with Gasteiger partial charge in [-0.1, -0.05) is 0 Å². The van der Waals surface area contributed by atoms with Crippen LogP contribution in [0.15, 0.2) is 0 Å². The molecule has 0 rings (SSSR count). The molecule has 0 amide bonds. The van der Waals surface area contributed by atoms with Crippen molar-refractivity contribution in [3.63, 3.8) is 0 Å². The summed E-state index contributed by atoms with van der Waals surface area (Å²) >= 11 is 16.3. The number of hydrogen-bond donors (Lipinski definition) is 0. The maximum atomic E-state index is 5.45. The lowest BCUT2D eigenvalue weighted by Gasteiger charge is -2.09. The van der Waals surface area contributed by atoms with Gasteiger partial charge in [-0.3, -0.25) is 0 Å². The molecule has 0 saturated carbocycles. The molecule has 0 radical (unpaired) electrons. The molecule has 0 heterocycles. The van der Waals surface area contributed by atoms with Gasteiger partial charge >= 0.3 is 0 Å². The predicted octanol–water partition coefficient (Wildman–Crippen LogP) is 2.09. The molecule has 0 aromatic carbocycles. The highest BCUT2D eigenvalue weighted by Crippen LogP contribution is 1.98. The normalized spacial score (nSPS) is 10.7. The molecular formula is C5H9Cl3O. The first-order valence-electron chi connectivity index (χ1n) is 2.64. The minimum Gasteiger partial charge on any atom is -0.375 e. The molecule has 0 fully saturated rings. The summed E-state index contributed by atoms with van der Waals surface area (Å²) in [5.74, 6) is 1.35. The third-order valence-corrected chi connectivity index (χ3v) is 1.62. The van der Waals surface area contributed by atoms with Gasteiger partial charge in [0.1, 0.15) is 0 Å². The number of halogens is 3. The van der Waals surface area contributed by atoms with Crippen LogP contribution in [0.25, 0.3) is 0 Å². The molecule has 0 saturated heterocycles. The summed E-state index contributed by atoms with van der Waals surface area (Å²) in [6, 6.07) is 0. The number of hydrogen-bond acceptors (Lipinski definition) is 1. The Bertz CT molecular complexity index is 56.2. The number of alkyl halides is 3. The summed E-state index contributed by atoms with van der Waals surface area (Å²) in [6.45, 7) is 0.520. The Morgan fingerprint density at radius 1 is 1.11 bits per heavy atom. The van der Waals surface area contributed by atoms with Crippen LogP contribution in [0.2, 0.25) is 0 Å². The Balaban J connectivity index is 3.09. The molecule has 0 aromatic rings. The lowest BCUT2D eigenvalue weighted by atomic mass is 10.5. The van der Waals surface area contributed by atoms with Crippen LogP contribution in [0.4, 0.5) is 0 Å². The average molecular weight is 191 g/mol. The summed E-state index contributed by atoms with van der Waals surface area (Å²) in [7, 11) is 0. The zero-order valence-corrected chi connectivity index (χ0v) is 7.22. The van der Waals surface area contributed by atoms with Gasteiger partial charge in [0.2, 0.25) is 0 Å². The third-order valence-electron chi connectivity index (χ3n) is 0.775. The van der Waals surface area contributed by atoms with Gasteiger partial charge in [0, 0.05) is 17.6 Å². The fraction of sp³-hybridized carbons (Fsp3) is 1.00. The SMILES string of the molecule is ClCCOC(CCl)CCl.